The maximum Gasteiger partial charge on any atom is 0.244 e. The van der Waals surface area contributed by atoms with Gasteiger partial charge in [0.1, 0.15) is 4.90 Å². The van der Waals surface area contributed by atoms with E-state index in [0.29, 0.717) is 6.54 Å². The second-order valence-electron chi connectivity index (χ2n) is 4.99. The fraction of sp³-hybridized carbons (Fsp3) is 0.538. The molecule has 0 spiro atoms. The minimum Gasteiger partial charge on any atom is -0.314 e. The molecular weight excluding hydrogens is 378 g/mol. The molecule has 0 aliphatic carbocycles. The third kappa shape index (κ3) is 4.40. The molecule has 1 aromatic carbocycles. The van der Waals surface area contributed by atoms with Gasteiger partial charge in [0.2, 0.25) is 10.0 Å². The number of nitrogens with one attached hydrogen (secondary N) is 1. The zero-order valence-electron chi connectivity index (χ0n) is 11.8. The lowest BCUT2D eigenvalue weighted by atomic mass is 10.3. The van der Waals surface area contributed by atoms with Gasteiger partial charge in [0.05, 0.1) is 5.02 Å². The smallest absolute Gasteiger partial charge is 0.244 e. The highest BCUT2D eigenvalue weighted by Gasteiger charge is 2.24. The van der Waals surface area contributed by atoms with Gasteiger partial charge < -0.3 is 5.32 Å². The van der Waals surface area contributed by atoms with Crippen LogP contribution in [0.4, 0.5) is 0 Å². The molecule has 0 aromatic heterocycles. The van der Waals surface area contributed by atoms with Gasteiger partial charge >= 0.3 is 0 Å². The molecule has 1 heterocycles. The number of benzene rings is 1. The summed E-state index contributed by atoms with van der Waals surface area (Å²) in [6.45, 7) is 4.99. The summed E-state index contributed by atoms with van der Waals surface area (Å²) in [5.74, 6) is 0. The second-order valence-corrected chi connectivity index (χ2v) is 8.33. The second kappa shape index (κ2) is 7.39. The van der Waals surface area contributed by atoms with Crippen LogP contribution in [0.2, 0.25) is 5.02 Å². The Morgan fingerprint density at radius 2 is 2.05 bits per heavy atom. The van der Waals surface area contributed by atoms with Crippen LogP contribution in [0.5, 0.6) is 0 Å². The molecule has 0 amide bonds. The van der Waals surface area contributed by atoms with Crippen molar-refractivity contribution in [1.29, 1.82) is 0 Å². The topological polar surface area (TPSA) is 52.6 Å². The number of sulfonamides is 1. The predicted octanol–water partition coefficient (Wildman–Crippen LogP) is 1.63. The van der Waals surface area contributed by atoms with E-state index >= 15 is 0 Å². The van der Waals surface area contributed by atoms with E-state index in [1.54, 1.807) is 19.2 Å². The largest absolute Gasteiger partial charge is 0.314 e. The summed E-state index contributed by atoms with van der Waals surface area (Å²) in [5.41, 5.74) is 0. The zero-order valence-corrected chi connectivity index (χ0v) is 15.0. The standard InChI is InChI=1S/C13H19BrClN3O2S/c1-17(8-9-18-6-4-16-5-7-18)21(19,20)13-3-2-11(14)10-12(13)15/h2-3,10,16H,4-9H2,1H3. The van der Waals surface area contributed by atoms with E-state index in [1.807, 2.05) is 0 Å². The fourth-order valence-corrected chi connectivity index (χ4v) is 4.36. The molecule has 1 N–H and O–H groups in total. The molecule has 0 unspecified atom stereocenters. The highest BCUT2D eigenvalue weighted by Crippen LogP contribution is 2.27. The van der Waals surface area contributed by atoms with Gasteiger partial charge in [-0.2, -0.15) is 4.31 Å². The van der Waals surface area contributed by atoms with Crippen LogP contribution in [-0.2, 0) is 10.0 Å². The number of likely N-dealkylation sites (N-methyl/N-ethyl adjacent to an activating group) is 1. The summed E-state index contributed by atoms with van der Waals surface area (Å²) >= 11 is 9.33. The highest BCUT2D eigenvalue weighted by atomic mass is 79.9. The van der Waals surface area contributed by atoms with E-state index in [4.69, 9.17) is 11.6 Å². The Kier molecular flexibility index (Phi) is 6.05. The molecule has 1 aliphatic heterocycles. The summed E-state index contributed by atoms with van der Waals surface area (Å²) in [4.78, 5) is 2.40. The number of rotatable bonds is 5. The third-order valence-electron chi connectivity index (χ3n) is 3.52. The van der Waals surface area contributed by atoms with Crippen LogP contribution in [0.25, 0.3) is 0 Å². The minimum atomic E-state index is -3.55. The van der Waals surface area contributed by atoms with Crippen LogP contribution in [0, 0.1) is 0 Å². The Labute approximate surface area is 139 Å². The molecule has 21 heavy (non-hydrogen) atoms. The van der Waals surface area contributed by atoms with Crippen LogP contribution in [0.15, 0.2) is 27.6 Å². The third-order valence-corrected chi connectivity index (χ3v) is 6.36. The molecule has 1 fully saturated rings. The van der Waals surface area contributed by atoms with Crippen molar-refractivity contribution in [3.63, 3.8) is 0 Å². The van der Waals surface area contributed by atoms with Gasteiger partial charge in [-0.15, -0.1) is 0 Å². The number of piperazine rings is 1. The van der Waals surface area contributed by atoms with Gasteiger partial charge in [0.15, 0.2) is 0 Å². The Balaban J connectivity index is 2.04. The van der Waals surface area contributed by atoms with Crippen molar-refractivity contribution in [3.8, 4) is 0 Å². The first kappa shape index (κ1) is 17.2. The number of nitrogens with zero attached hydrogens (tertiary/aromatic N) is 2. The maximum atomic E-state index is 12.5. The van der Waals surface area contributed by atoms with Crippen molar-refractivity contribution < 1.29 is 8.42 Å². The quantitative estimate of drug-likeness (QED) is 0.822. The zero-order chi connectivity index (χ0) is 15.5. The van der Waals surface area contributed by atoms with Crippen molar-refractivity contribution >= 4 is 37.6 Å². The number of hydrogen-bond donors (Lipinski definition) is 1. The lowest BCUT2D eigenvalue weighted by molar-refractivity contribution is 0.229. The molecule has 1 aliphatic rings. The molecule has 8 heteroatoms. The minimum absolute atomic E-state index is 0.148. The van der Waals surface area contributed by atoms with Crippen LogP contribution in [-0.4, -0.2) is 63.9 Å². The van der Waals surface area contributed by atoms with Gasteiger partial charge in [0, 0.05) is 50.8 Å². The first-order valence-electron chi connectivity index (χ1n) is 6.76. The van der Waals surface area contributed by atoms with Gasteiger partial charge in [-0.25, -0.2) is 8.42 Å². The van der Waals surface area contributed by atoms with E-state index in [2.05, 4.69) is 26.1 Å². The van der Waals surface area contributed by atoms with E-state index < -0.39 is 10.0 Å². The molecule has 1 saturated heterocycles. The van der Waals surface area contributed by atoms with Gasteiger partial charge in [-0.3, -0.25) is 4.90 Å². The SMILES string of the molecule is CN(CCN1CCNCC1)S(=O)(=O)c1ccc(Br)cc1Cl. The molecule has 1 aromatic rings. The van der Waals surface area contributed by atoms with Crippen molar-refractivity contribution in [2.24, 2.45) is 0 Å². The summed E-state index contributed by atoms with van der Waals surface area (Å²) in [6.07, 6.45) is 0. The first-order chi connectivity index (χ1) is 9.91. The van der Waals surface area contributed by atoms with E-state index in [9.17, 15) is 8.42 Å². The lowest BCUT2D eigenvalue weighted by Crippen LogP contribution is -2.46. The Bertz CT molecular complexity index is 591. The highest BCUT2D eigenvalue weighted by molar-refractivity contribution is 9.10. The molecular formula is C13H19BrClN3O2S. The average Bonchev–Trinajstić information content (AvgIpc) is 2.45. The Morgan fingerprint density at radius 1 is 1.38 bits per heavy atom. The van der Waals surface area contributed by atoms with Gasteiger partial charge in [-0.05, 0) is 18.2 Å². The molecule has 5 nitrogen and oxygen atoms in total. The van der Waals surface area contributed by atoms with E-state index in [1.165, 1.54) is 10.4 Å². The fourth-order valence-electron chi connectivity index (χ4n) is 2.19. The summed E-state index contributed by atoms with van der Waals surface area (Å²) in [6, 6.07) is 4.81. The molecule has 0 saturated carbocycles. The average molecular weight is 397 g/mol. The maximum absolute atomic E-state index is 12.5. The summed E-state index contributed by atoms with van der Waals surface area (Å²) in [5, 5.41) is 3.51. The van der Waals surface area contributed by atoms with Crippen molar-refractivity contribution in [1.82, 2.24) is 14.5 Å². The normalized spacial score (nSPS) is 17.3. The monoisotopic (exact) mass is 395 g/mol. The molecule has 0 atom stereocenters. The van der Waals surface area contributed by atoms with Crippen LogP contribution >= 0.6 is 27.5 Å². The Hall–Kier alpha value is -0.180. The van der Waals surface area contributed by atoms with Crippen molar-refractivity contribution in [2.45, 2.75) is 4.90 Å². The number of hydrogen-bond acceptors (Lipinski definition) is 4. The predicted molar refractivity (Wildman–Crippen MR) is 88.3 cm³/mol. The first-order valence-corrected chi connectivity index (χ1v) is 9.37. The van der Waals surface area contributed by atoms with Crippen LogP contribution in [0.3, 0.4) is 0 Å². The summed E-state index contributed by atoms with van der Waals surface area (Å²) < 4.78 is 27.2. The molecule has 2 rings (SSSR count). The lowest BCUT2D eigenvalue weighted by Gasteiger charge is -2.29. The van der Waals surface area contributed by atoms with Crippen molar-refractivity contribution in [3.05, 3.63) is 27.7 Å². The summed E-state index contributed by atoms with van der Waals surface area (Å²) in [7, 11) is -1.96. The van der Waals surface area contributed by atoms with Crippen LogP contribution in [0.1, 0.15) is 0 Å². The van der Waals surface area contributed by atoms with Gasteiger partial charge in [-0.1, -0.05) is 27.5 Å². The van der Waals surface area contributed by atoms with E-state index in [-0.39, 0.29) is 9.92 Å². The Morgan fingerprint density at radius 3 is 2.67 bits per heavy atom. The molecule has 118 valence electrons. The van der Waals surface area contributed by atoms with Gasteiger partial charge in [0.25, 0.3) is 0 Å². The van der Waals surface area contributed by atoms with Crippen LogP contribution < -0.4 is 5.32 Å². The van der Waals surface area contributed by atoms with Crippen molar-refractivity contribution in [2.75, 3.05) is 46.3 Å². The molecule has 0 radical (unpaired) electrons. The number of halogens is 2. The van der Waals surface area contributed by atoms with E-state index in [0.717, 1.165) is 37.2 Å². The molecule has 0 bridgehead atoms.